The Hall–Kier alpha value is -0.0300. The van der Waals surface area contributed by atoms with E-state index in [1.54, 1.807) is 18.0 Å². The quantitative estimate of drug-likeness (QED) is 0.795. The maximum Gasteiger partial charge on any atom is 0.156 e. The number of nitrogens with zero attached hydrogens (tertiary/aromatic N) is 1. The van der Waals surface area contributed by atoms with Gasteiger partial charge in [0.15, 0.2) is 5.17 Å². The second kappa shape index (κ2) is 5.75. The van der Waals surface area contributed by atoms with E-state index < -0.39 is 10.8 Å². The fourth-order valence-electron chi connectivity index (χ4n) is 1.12. The van der Waals surface area contributed by atoms with Crippen molar-refractivity contribution in [3.8, 4) is 0 Å². The van der Waals surface area contributed by atoms with Crippen LogP contribution in [0.1, 0.15) is 20.3 Å². The molecule has 1 aliphatic rings. The third-order valence-electron chi connectivity index (χ3n) is 2.20. The first-order valence-electron chi connectivity index (χ1n) is 4.87. The molecule has 1 N–H and O–H groups in total. The minimum absolute atomic E-state index is 0.270. The summed E-state index contributed by atoms with van der Waals surface area (Å²) in [6.45, 7) is 5.98. The van der Waals surface area contributed by atoms with Crippen molar-refractivity contribution in [2.24, 2.45) is 4.99 Å². The van der Waals surface area contributed by atoms with Gasteiger partial charge in [0.05, 0.1) is 6.54 Å². The van der Waals surface area contributed by atoms with Crippen LogP contribution in [-0.4, -0.2) is 39.2 Å². The standard InChI is InChI=1S/C9H18N2OS2/c1-7-6-11-9(13-7)10-5-4-8(2)14(3)12/h7-8H,4-6H2,1-3H3,(H,10,11). The second-order valence-electron chi connectivity index (χ2n) is 3.60. The van der Waals surface area contributed by atoms with Crippen LogP contribution in [0.25, 0.3) is 0 Å². The van der Waals surface area contributed by atoms with E-state index in [0.717, 1.165) is 24.7 Å². The summed E-state index contributed by atoms with van der Waals surface area (Å²) in [6.07, 6.45) is 2.70. The van der Waals surface area contributed by atoms with E-state index >= 15 is 0 Å². The summed E-state index contributed by atoms with van der Waals surface area (Å²) in [5.41, 5.74) is 0. The molecule has 0 amide bonds. The summed E-state index contributed by atoms with van der Waals surface area (Å²) in [6, 6.07) is 0. The van der Waals surface area contributed by atoms with Crippen LogP contribution < -0.4 is 5.32 Å². The Morgan fingerprint density at radius 3 is 3.00 bits per heavy atom. The molecule has 3 atom stereocenters. The van der Waals surface area contributed by atoms with Crippen LogP contribution in [-0.2, 0) is 10.8 Å². The molecule has 0 spiro atoms. The molecule has 14 heavy (non-hydrogen) atoms. The molecule has 0 fully saturated rings. The van der Waals surface area contributed by atoms with Crippen LogP contribution in [0.5, 0.6) is 0 Å². The molecule has 0 saturated heterocycles. The Kier molecular flexibility index (Phi) is 4.95. The monoisotopic (exact) mass is 234 g/mol. The van der Waals surface area contributed by atoms with Crippen molar-refractivity contribution in [1.29, 1.82) is 0 Å². The molecule has 0 radical (unpaired) electrons. The molecule has 0 aromatic carbocycles. The second-order valence-corrected chi connectivity index (χ2v) is 6.83. The van der Waals surface area contributed by atoms with Gasteiger partial charge in [-0.25, -0.2) is 0 Å². The van der Waals surface area contributed by atoms with Gasteiger partial charge in [-0.05, 0) is 6.42 Å². The van der Waals surface area contributed by atoms with Crippen LogP contribution in [0.15, 0.2) is 4.99 Å². The van der Waals surface area contributed by atoms with Gasteiger partial charge in [0.25, 0.3) is 0 Å². The SMILES string of the molecule is CC1CN=C(NCCC(C)S(C)=O)S1. The van der Waals surface area contributed by atoms with Gasteiger partial charge in [0.2, 0.25) is 0 Å². The minimum Gasteiger partial charge on any atom is -0.365 e. The van der Waals surface area contributed by atoms with E-state index in [0.29, 0.717) is 5.25 Å². The Balaban J connectivity index is 2.13. The summed E-state index contributed by atoms with van der Waals surface area (Å²) >= 11 is 1.79. The Morgan fingerprint density at radius 2 is 2.50 bits per heavy atom. The third-order valence-corrected chi connectivity index (χ3v) is 4.62. The van der Waals surface area contributed by atoms with E-state index in [1.165, 1.54) is 0 Å². The fourth-order valence-corrected chi connectivity index (χ4v) is 2.44. The van der Waals surface area contributed by atoms with E-state index in [-0.39, 0.29) is 5.25 Å². The zero-order chi connectivity index (χ0) is 10.6. The lowest BCUT2D eigenvalue weighted by Gasteiger charge is -2.09. The van der Waals surface area contributed by atoms with Crippen LogP contribution in [0.4, 0.5) is 0 Å². The predicted molar refractivity (Wildman–Crippen MR) is 65.5 cm³/mol. The Labute approximate surface area is 92.6 Å². The minimum atomic E-state index is -0.707. The van der Waals surface area contributed by atoms with Crippen molar-refractivity contribution in [2.75, 3.05) is 19.3 Å². The van der Waals surface area contributed by atoms with E-state index in [9.17, 15) is 4.21 Å². The van der Waals surface area contributed by atoms with Gasteiger partial charge in [0.1, 0.15) is 0 Å². The molecule has 3 nitrogen and oxygen atoms in total. The summed E-state index contributed by atoms with van der Waals surface area (Å²) in [5.74, 6) is 0. The van der Waals surface area contributed by atoms with Crippen molar-refractivity contribution < 1.29 is 4.21 Å². The number of hydrogen-bond acceptors (Lipinski definition) is 4. The number of hydrogen-bond donors (Lipinski definition) is 1. The molecule has 82 valence electrons. The van der Waals surface area contributed by atoms with Crippen molar-refractivity contribution in [3.05, 3.63) is 0 Å². The maximum atomic E-state index is 11.1. The van der Waals surface area contributed by atoms with Crippen molar-refractivity contribution in [2.45, 2.75) is 30.8 Å². The lowest BCUT2D eigenvalue weighted by atomic mass is 10.3. The Morgan fingerprint density at radius 1 is 1.79 bits per heavy atom. The highest BCUT2D eigenvalue weighted by Gasteiger charge is 2.14. The molecule has 0 saturated carbocycles. The first-order chi connectivity index (χ1) is 6.59. The van der Waals surface area contributed by atoms with Gasteiger partial charge in [-0.15, -0.1) is 0 Å². The summed E-state index contributed by atoms with van der Waals surface area (Å²) < 4.78 is 11.1. The van der Waals surface area contributed by atoms with Crippen molar-refractivity contribution in [3.63, 3.8) is 0 Å². The number of rotatable bonds is 4. The molecule has 1 rings (SSSR count). The fraction of sp³-hybridized carbons (Fsp3) is 0.889. The predicted octanol–water partition coefficient (Wildman–Crippen LogP) is 1.22. The normalized spacial score (nSPS) is 25.6. The van der Waals surface area contributed by atoms with Crippen molar-refractivity contribution in [1.82, 2.24) is 5.32 Å². The molecule has 0 aromatic rings. The van der Waals surface area contributed by atoms with Crippen LogP contribution in [0.3, 0.4) is 0 Å². The van der Waals surface area contributed by atoms with Gasteiger partial charge < -0.3 is 5.32 Å². The first-order valence-corrected chi connectivity index (χ1v) is 7.37. The lowest BCUT2D eigenvalue weighted by Crippen LogP contribution is -2.24. The van der Waals surface area contributed by atoms with Gasteiger partial charge in [-0.1, -0.05) is 25.6 Å². The Bertz CT molecular complexity index is 243. The molecule has 5 heteroatoms. The maximum absolute atomic E-state index is 11.1. The smallest absolute Gasteiger partial charge is 0.156 e. The number of thioether (sulfide) groups is 1. The average Bonchev–Trinajstić information content (AvgIpc) is 2.51. The van der Waals surface area contributed by atoms with E-state index in [2.05, 4.69) is 17.2 Å². The molecule has 0 aliphatic carbocycles. The highest BCUT2D eigenvalue weighted by molar-refractivity contribution is 8.14. The zero-order valence-corrected chi connectivity index (χ0v) is 10.6. The van der Waals surface area contributed by atoms with Gasteiger partial charge >= 0.3 is 0 Å². The topological polar surface area (TPSA) is 41.5 Å². The van der Waals surface area contributed by atoms with Crippen LogP contribution in [0.2, 0.25) is 0 Å². The first kappa shape index (κ1) is 12.0. The summed E-state index contributed by atoms with van der Waals surface area (Å²) in [4.78, 5) is 4.35. The summed E-state index contributed by atoms with van der Waals surface area (Å²) in [5, 5.41) is 5.20. The molecule has 0 aromatic heterocycles. The third kappa shape index (κ3) is 4.00. The van der Waals surface area contributed by atoms with E-state index in [4.69, 9.17) is 0 Å². The van der Waals surface area contributed by atoms with Crippen LogP contribution in [0, 0.1) is 0 Å². The molecular weight excluding hydrogens is 216 g/mol. The highest BCUT2D eigenvalue weighted by Crippen LogP contribution is 2.18. The lowest BCUT2D eigenvalue weighted by molar-refractivity contribution is 0.666. The highest BCUT2D eigenvalue weighted by atomic mass is 32.2. The molecule has 3 unspecified atom stereocenters. The van der Waals surface area contributed by atoms with E-state index in [1.807, 2.05) is 6.92 Å². The molecule has 1 heterocycles. The average molecular weight is 234 g/mol. The molecule has 0 bridgehead atoms. The largest absolute Gasteiger partial charge is 0.365 e. The van der Waals surface area contributed by atoms with Crippen LogP contribution >= 0.6 is 11.8 Å². The van der Waals surface area contributed by atoms with Gasteiger partial charge in [-0.3, -0.25) is 9.20 Å². The van der Waals surface area contributed by atoms with Gasteiger partial charge in [-0.2, -0.15) is 0 Å². The van der Waals surface area contributed by atoms with Crippen molar-refractivity contribution >= 4 is 27.7 Å². The molecular formula is C9H18N2OS2. The number of amidine groups is 1. The summed E-state index contributed by atoms with van der Waals surface area (Å²) in [7, 11) is -0.707. The molecule has 1 aliphatic heterocycles. The zero-order valence-electron chi connectivity index (χ0n) is 8.95. The number of nitrogens with one attached hydrogen (secondary N) is 1. The number of aliphatic imine (C=N–C) groups is 1. The van der Waals surface area contributed by atoms with Gasteiger partial charge in [0, 0.05) is 34.1 Å².